The van der Waals surface area contributed by atoms with Crippen molar-refractivity contribution in [3.8, 4) is 0 Å². The first kappa shape index (κ1) is 12.9. The molecule has 0 bridgehead atoms. The van der Waals surface area contributed by atoms with Crippen molar-refractivity contribution in [2.24, 2.45) is 5.92 Å². The lowest BCUT2D eigenvalue weighted by molar-refractivity contribution is 0.0270. The molecular formula is C16H30N2. The Bertz CT molecular complexity index is 264. The Hall–Kier alpha value is -0.0800. The minimum atomic E-state index is 0.809. The highest BCUT2D eigenvalue weighted by Crippen LogP contribution is 2.39. The van der Waals surface area contributed by atoms with Crippen LogP contribution in [0.2, 0.25) is 0 Å². The van der Waals surface area contributed by atoms with Gasteiger partial charge in [-0.1, -0.05) is 19.8 Å². The second-order valence-corrected chi connectivity index (χ2v) is 6.71. The van der Waals surface area contributed by atoms with Gasteiger partial charge >= 0.3 is 0 Å². The van der Waals surface area contributed by atoms with E-state index in [0.717, 1.165) is 30.6 Å². The van der Waals surface area contributed by atoms with Crippen LogP contribution in [0.1, 0.15) is 64.7 Å². The van der Waals surface area contributed by atoms with Gasteiger partial charge < -0.3 is 5.32 Å². The number of hydrogen-bond acceptors (Lipinski definition) is 2. The van der Waals surface area contributed by atoms with Crippen LogP contribution in [-0.2, 0) is 0 Å². The molecule has 0 aromatic heterocycles. The van der Waals surface area contributed by atoms with Gasteiger partial charge in [-0.15, -0.1) is 0 Å². The zero-order valence-electron chi connectivity index (χ0n) is 12.0. The van der Waals surface area contributed by atoms with Gasteiger partial charge in [-0.25, -0.2) is 0 Å². The zero-order chi connectivity index (χ0) is 12.4. The van der Waals surface area contributed by atoms with Crippen LogP contribution in [0.4, 0.5) is 0 Å². The summed E-state index contributed by atoms with van der Waals surface area (Å²) in [7, 11) is 0. The molecule has 4 atom stereocenters. The molecule has 1 aliphatic heterocycles. The summed E-state index contributed by atoms with van der Waals surface area (Å²) in [4.78, 5) is 2.94. The number of nitrogens with one attached hydrogen (secondary N) is 1. The minimum absolute atomic E-state index is 0.809. The van der Waals surface area contributed by atoms with Gasteiger partial charge in [0, 0.05) is 18.1 Å². The average Bonchev–Trinajstić information content (AvgIpc) is 2.87. The molecule has 2 heteroatoms. The molecule has 2 aliphatic carbocycles. The zero-order valence-corrected chi connectivity index (χ0v) is 12.0. The van der Waals surface area contributed by atoms with Gasteiger partial charge in [-0.3, -0.25) is 4.90 Å². The molecule has 0 aromatic rings. The molecule has 0 aromatic carbocycles. The highest BCUT2D eigenvalue weighted by molar-refractivity contribution is 4.94. The van der Waals surface area contributed by atoms with Crippen molar-refractivity contribution >= 4 is 0 Å². The van der Waals surface area contributed by atoms with Crippen LogP contribution in [-0.4, -0.2) is 36.1 Å². The molecule has 2 unspecified atom stereocenters. The maximum atomic E-state index is 3.66. The Balaban J connectivity index is 1.60. The SMILES string of the molecule is CCNC1CCC(N2CCC[C@H]3CCCC[C@H]32)C1. The third-order valence-corrected chi connectivity index (χ3v) is 5.65. The van der Waals surface area contributed by atoms with Gasteiger partial charge in [0.15, 0.2) is 0 Å². The molecule has 3 fully saturated rings. The van der Waals surface area contributed by atoms with Crippen molar-refractivity contribution < 1.29 is 0 Å². The van der Waals surface area contributed by atoms with Gasteiger partial charge in [0.2, 0.25) is 0 Å². The number of rotatable bonds is 3. The highest BCUT2D eigenvalue weighted by atomic mass is 15.2. The second-order valence-electron chi connectivity index (χ2n) is 6.71. The number of piperidine rings is 1. The summed E-state index contributed by atoms with van der Waals surface area (Å²) in [5.74, 6) is 1.05. The van der Waals surface area contributed by atoms with E-state index in [-0.39, 0.29) is 0 Å². The molecule has 3 rings (SSSR count). The van der Waals surface area contributed by atoms with Gasteiger partial charge in [-0.05, 0) is 64.0 Å². The molecule has 0 amide bonds. The van der Waals surface area contributed by atoms with Crippen LogP contribution in [0.3, 0.4) is 0 Å². The van der Waals surface area contributed by atoms with E-state index < -0.39 is 0 Å². The Morgan fingerprint density at radius 2 is 1.83 bits per heavy atom. The highest BCUT2D eigenvalue weighted by Gasteiger charge is 2.38. The molecule has 0 radical (unpaired) electrons. The van der Waals surface area contributed by atoms with Crippen molar-refractivity contribution in [1.29, 1.82) is 0 Å². The largest absolute Gasteiger partial charge is 0.314 e. The maximum Gasteiger partial charge on any atom is 0.0126 e. The summed E-state index contributed by atoms with van der Waals surface area (Å²) in [6, 6.07) is 2.67. The number of likely N-dealkylation sites (tertiary alicyclic amines) is 1. The van der Waals surface area contributed by atoms with E-state index in [2.05, 4.69) is 17.1 Å². The van der Waals surface area contributed by atoms with Crippen molar-refractivity contribution in [3.63, 3.8) is 0 Å². The topological polar surface area (TPSA) is 15.3 Å². The first-order valence-electron chi connectivity index (χ1n) is 8.37. The first-order chi connectivity index (χ1) is 8.88. The summed E-state index contributed by atoms with van der Waals surface area (Å²) < 4.78 is 0. The van der Waals surface area contributed by atoms with Crippen LogP contribution in [0.25, 0.3) is 0 Å². The van der Waals surface area contributed by atoms with Crippen molar-refractivity contribution in [3.05, 3.63) is 0 Å². The summed E-state index contributed by atoms with van der Waals surface area (Å²) >= 11 is 0. The Kier molecular flexibility index (Phi) is 4.25. The molecule has 2 nitrogen and oxygen atoms in total. The van der Waals surface area contributed by atoms with E-state index in [9.17, 15) is 0 Å². The quantitative estimate of drug-likeness (QED) is 0.827. The number of nitrogens with zero attached hydrogens (tertiary/aromatic N) is 1. The van der Waals surface area contributed by atoms with Crippen LogP contribution >= 0.6 is 0 Å². The van der Waals surface area contributed by atoms with Crippen molar-refractivity contribution in [1.82, 2.24) is 10.2 Å². The van der Waals surface area contributed by atoms with E-state index >= 15 is 0 Å². The summed E-state index contributed by atoms with van der Waals surface area (Å²) in [5, 5.41) is 3.66. The predicted octanol–water partition coefficient (Wildman–Crippen LogP) is 3.17. The molecule has 2 saturated carbocycles. The molecule has 0 spiro atoms. The monoisotopic (exact) mass is 250 g/mol. The Morgan fingerprint density at radius 1 is 1.00 bits per heavy atom. The van der Waals surface area contributed by atoms with Crippen LogP contribution in [0, 0.1) is 5.92 Å². The standard InChI is InChI=1S/C16H30N2/c1-2-17-14-9-10-15(12-14)18-11-5-7-13-6-3-4-8-16(13)18/h13-17H,2-12H2,1H3/t13-,14?,15?,16-/m1/s1. The number of hydrogen-bond donors (Lipinski definition) is 1. The third-order valence-electron chi connectivity index (χ3n) is 5.65. The fourth-order valence-electron chi connectivity index (χ4n) is 4.85. The summed E-state index contributed by atoms with van der Waals surface area (Å²) in [6.45, 7) is 4.78. The maximum absolute atomic E-state index is 3.66. The lowest BCUT2D eigenvalue weighted by Crippen LogP contribution is -2.51. The molecule has 18 heavy (non-hydrogen) atoms. The van der Waals surface area contributed by atoms with Gasteiger partial charge in [0.05, 0.1) is 0 Å². The second kappa shape index (κ2) is 5.92. The first-order valence-corrected chi connectivity index (χ1v) is 8.37. The van der Waals surface area contributed by atoms with Crippen molar-refractivity contribution in [2.45, 2.75) is 82.8 Å². The Labute approximate surface area is 113 Å². The van der Waals surface area contributed by atoms with Crippen molar-refractivity contribution in [2.75, 3.05) is 13.1 Å². The smallest absolute Gasteiger partial charge is 0.0126 e. The van der Waals surface area contributed by atoms with E-state index in [1.807, 2.05) is 0 Å². The van der Waals surface area contributed by atoms with Crippen LogP contribution < -0.4 is 5.32 Å². The molecular weight excluding hydrogens is 220 g/mol. The summed E-state index contributed by atoms with van der Waals surface area (Å²) in [5.41, 5.74) is 0. The van der Waals surface area contributed by atoms with E-state index in [0.29, 0.717) is 0 Å². The lowest BCUT2D eigenvalue weighted by atomic mass is 9.77. The minimum Gasteiger partial charge on any atom is -0.314 e. The predicted molar refractivity (Wildman–Crippen MR) is 76.8 cm³/mol. The number of fused-ring (bicyclic) bond motifs is 1. The van der Waals surface area contributed by atoms with E-state index in [4.69, 9.17) is 0 Å². The van der Waals surface area contributed by atoms with E-state index in [1.54, 1.807) is 0 Å². The fraction of sp³-hybridized carbons (Fsp3) is 1.00. The average molecular weight is 250 g/mol. The van der Waals surface area contributed by atoms with Crippen LogP contribution in [0.15, 0.2) is 0 Å². The normalized spacial score (nSPS) is 41.8. The molecule has 3 aliphatic rings. The Morgan fingerprint density at radius 3 is 2.72 bits per heavy atom. The molecule has 104 valence electrons. The van der Waals surface area contributed by atoms with Gasteiger partial charge in [0.25, 0.3) is 0 Å². The fourth-order valence-corrected chi connectivity index (χ4v) is 4.85. The van der Waals surface area contributed by atoms with Gasteiger partial charge in [-0.2, -0.15) is 0 Å². The molecule has 1 saturated heterocycles. The summed E-state index contributed by atoms with van der Waals surface area (Å²) in [6.07, 6.45) is 13.2. The molecule has 1 N–H and O–H groups in total. The molecule has 1 heterocycles. The lowest BCUT2D eigenvalue weighted by Gasteiger charge is -2.47. The third kappa shape index (κ3) is 2.60. The van der Waals surface area contributed by atoms with Crippen LogP contribution in [0.5, 0.6) is 0 Å². The van der Waals surface area contributed by atoms with E-state index in [1.165, 1.54) is 64.3 Å². The van der Waals surface area contributed by atoms with Gasteiger partial charge in [0.1, 0.15) is 0 Å².